The molecule has 1 heterocycles. The zero-order valence-corrected chi connectivity index (χ0v) is 12.2. The first kappa shape index (κ1) is 15.1. The lowest BCUT2D eigenvalue weighted by atomic mass is 10.00. The Hall–Kier alpha value is -1.33. The largest absolute Gasteiger partial charge is 0.497 e. The Morgan fingerprint density at radius 3 is 2.60 bits per heavy atom. The molecule has 2 rings (SSSR count). The predicted molar refractivity (Wildman–Crippen MR) is 77.3 cm³/mol. The van der Waals surface area contributed by atoms with Crippen molar-refractivity contribution in [2.75, 3.05) is 47.1 Å². The second-order valence-electron chi connectivity index (χ2n) is 4.89. The Kier molecular flexibility index (Phi) is 5.61. The Bertz CT molecular complexity index is 422. The van der Waals surface area contributed by atoms with Gasteiger partial charge < -0.3 is 14.8 Å². The number of hydrogen-bond acceptors (Lipinski definition) is 4. The number of alkyl halides is 1. The summed E-state index contributed by atoms with van der Waals surface area (Å²) < 4.78 is 23.6. The molecule has 5 heteroatoms. The van der Waals surface area contributed by atoms with Gasteiger partial charge in [-0.25, -0.2) is 0 Å². The third-order valence-electron chi connectivity index (χ3n) is 3.77. The van der Waals surface area contributed by atoms with Gasteiger partial charge in [0.05, 0.1) is 20.9 Å². The number of nitrogens with one attached hydrogen (secondary N) is 1. The van der Waals surface area contributed by atoms with Crippen LogP contribution in [-0.4, -0.2) is 52.0 Å². The van der Waals surface area contributed by atoms with Crippen LogP contribution in [0.2, 0.25) is 0 Å². The van der Waals surface area contributed by atoms with Crippen molar-refractivity contribution in [2.45, 2.75) is 12.5 Å². The van der Waals surface area contributed by atoms with E-state index in [2.05, 4.69) is 10.2 Å². The summed E-state index contributed by atoms with van der Waals surface area (Å²) in [6.07, 6.45) is 0.489. The van der Waals surface area contributed by atoms with Crippen molar-refractivity contribution in [1.29, 1.82) is 0 Å². The van der Waals surface area contributed by atoms with Crippen LogP contribution in [0.15, 0.2) is 18.2 Å². The molecule has 0 unspecified atom stereocenters. The van der Waals surface area contributed by atoms with E-state index in [4.69, 9.17) is 9.47 Å². The zero-order chi connectivity index (χ0) is 14.4. The summed E-state index contributed by atoms with van der Waals surface area (Å²) in [5, 5.41) is 3.32. The van der Waals surface area contributed by atoms with Gasteiger partial charge in [-0.1, -0.05) is 6.07 Å². The molecule has 1 saturated heterocycles. The van der Waals surface area contributed by atoms with Crippen LogP contribution in [-0.2, 0) is 0 Å². The SMILES string of the molecule is COc1ccc([C@H](CCF)N2CCNCC2)c(OC)c1. The van der Waals surface area contributed by atoms with Crippen LogP contribution in [0.1, 0.15) is 18.0 Å². The van der Waals surface area contributed by atoms with Crippen LogP contribution in [0.5, 0.6) is 11.5 Å². The average molecular weight is 282 g/mol. The van der Waals surface area contributed by atoms with Crippen LogP contribution in [0.25, 0.3) is 0 Å². The number of nitrogens with zero attached hydrogens (tertiary/aromatic N) is 1. The Morgan fingerprint density at radius 1 is 1.25 bits per heavy atom. The second-order valence-corrected chi connectivity index (χ2v) is 4.89. The molecule has 1 aromatic rings. The predicted octanol–water partition coefficient (Wildman–Crippen LogP) is 2.01. The number of hydrogen-bond donors (Lipinski definition) is 1. The van der Waals surface area contributed by atoms with Gasteiger partial charge in [0.15, 0.2) is 0 Å². The minimum Gasteiger partial charge on any atom is -0.497 e. The number of methoxy groups -OCH3 is 2. The molecule has 0 aromatic heterocycles. The average Bonchev–Trinajstić information content (AvgIpc) is 2.53. The van der Waals surface area contributed by atoms with E-state index in [1.54, 1.807) is 14.2 Å². The Morgan fingerprint density at radius 2 is 2.00 bits per heavy atom. The van der Waals surface area contributed by atoms with Crippen molar-refractivity contribution in [3.63, 3.8) is 0 Å². The molecule has 1 aliphatic rings. The van der Waals surface area contributed by atoms with Crippen molar-refractivity contribution in [3.05, 3.63) is 23.8 Å². The quantitative estimate of drug-likeness (QED) is 0.865. The maximum absolute atomic E-state index is 13.0. The number of halogens is 1. The van der Waals surface area contributed by atoms with Gasteiger partial charge in [0.25, 0.3) is 0 Å². The molecule has 0 radical (unpaired) electrons. The van der Waals surface area contributed by atoms with Crippen LogP contribution in [0, 0.1) is 0 Å². The highest BCUT2D eigenvalue weighted by atomic mass is 19.1. The van der Waals surface area contributed by atoms with E-state index >= 15 is 0 Å². The standard InChI is InChI=1S/C15H23FN2O2/c1-19-12-3-4-13(15(11-12)20-2)14(5-6-16)18-9-7-17-8-10-18/h3-4,11,14,17H,5-10H2,1-2H3/t14-/m0/s1. The molecule has 1 aromatic carbocycles. The Labute approximate surface area is 119 Å². The summed E-state index contributed by atoms with van der Waals surface area (Å²) in [5.74, 6) is 1.52. The molecule has 1 fully saturated rings. The van der Waals surface area contributed by atoms with Crippen LogP contribution in [0.4, 0.5) is 4.39 Å². The van der Waals surface area contributed by atoms with Gasteiger partial charge in [0.1, 0.15) is 11.5 Å². The normalized spacial score (nSPS) is 17.8. The van der Waals surface area contributed by atoms with E-state index in [-0.39, 0.29) is 12.7 Å². The number of ether oxygens (including phenoxy) is 2. The minimum atomic E-state index is -0.330. The molecule has 0 aliphatic carbocycles. The second kappa shape index (κ2) is 7.45. The molecular formula is C15H23FN2O2. The minimum absolute atomic E-state index is 0.0583. The van der Waals surface area contributed by atoms with Gasteiger partial charge >= 0.3 is 0 Å². The van der Waals surface area contributed by atoms with E-state index < -0.39 is 0 Å². The first-order chi connectivity index (χ1) is 9.80. The maximum atomic E-state index is 13.0. The molecule has 20 heavy (non-hydrogen) atoms. The number of piperazine rings is 1. The van der Waals surface area contributed by atoms with Crippen molar-refractivity contribution >= 4 is 0 Å². The highest BCUT2D eigenvalue weighted by Gasteiger charge is 2.24. The molecular weight excluding hydrogens is 259 g/mol. The summed E-state index contributed by atoms with van der Waals surface area (Å²) in [6, 6.07) is 5.82. The highest BCUT2D eigenvalue weighted by molar-refractivity contribution is 5.42. The van der Waals surface area contributed by atoms with Gasteiger partial charge in [0.2, 0.25) is 0 Å². The lowest BCUT2D eigenvalue weighted by molar-refractivity contribution is 0.155. The van der Waals surface area contributed by atoms with Gasteiger partial charge in [-0.15, -0.1) is 0 Å². The third kappa shape index (κ3) is 3.41. The molecule has 1 N–H and O–H groups in total. The van der Waals surface area contributed by atoms with Gasteiger partial charge in [-0.05, 0) is 12.5 Å². The fourth-order valence-electron chi connectivity index (χ4n) is 2.73. The van der Waals surface area contributed by atoms with Gasteiger partial charge in [0, 0.05) is 43.9 Å². The van der Waals surface area contributed by atoms with E-state index in [0.29, 0.717) is 6.42 Å². The first-order valence-electron chi connectivity index (χ1n) is 7.02. The van der Waals surface area contributed by atoms with Crippen molar-refractivity contribution in [1.82, 2.24) is 10.2 Å². The van der Waals surface area contributed by atoms with E-state index in [1.165, 1.54) is 0 Å². The van der Waals surface area contributed by atoms with Gasteiger partial charge in [-0.2, -0.15) is 0 Å². The molecule has 4 nitrogen and oxygen atoms in total. The highest BCUT2D eigenvalue weighted by Crippen LogP contribution is 2.34. The third-order valence-corrected chi connectivity index (χ3v) is 3.77. The molecule has 112 valence electrons. The number of benzene rings is 1. The van der Waals surface area contributed by atoms with Crippen molar-refractivity contribution in [2.24, 2.45) is 0 Å². The summed E-state index contributed by atoms with van der Waals surface area (Å²) in [6.45, 7) is 3.42. The molecule has 0 saturated carbocycles. The van der Waals surface area contributed by atoms with Crippen LogP contribution < -0.4 is 14.8 Å². The van der Waals surface area contributed by atoms with Gasteiger partial charge in [-0.3, -0.25) is 9.29 Å². The molecule has 1 aliphatic heterocycles. The topological polar surface area (TPSA) is 33.7 Å². The summed E-state index contributed by atoms with van der Waals surface area (Å²) in [5.41, 5.74) is 1.04. The number of rotatable bonds is 6. The molecule has 0 bridgehead atoms. The van der Waals surface area contributed by atoms with E-state index in [9.17, 15) is 4.39 Å². The first-order valence-corrected chi connectivity index (χ1v) is 7.02. The smallest absolute Gasteiger partial charge is 0.127 e. The Balaban J connectivity index is 2.27. The molecule has 0 amide bonds. The lowest BCUT2D eigenvalue weighted by Crippen LogP contribution is -2.45. The zero-order valence-electron chi connectivity index (χ0n) is 12.2. The van der Waals surface area contributed by atoms with E-state index in [1.807, 2.05) is 18.2 Å². The van der Waals surface area contributed by atoms with Crippen LogP contribution >= 0.6 is 0 Å². The fourth-order valence-corrected chi connectivity index (χ4v) is 2.73. The van der Waals surface area contributed by atoms with E-state index in [0.717, 1.165) is 43.2 Å². The fraction of sp³-hybridized carbons (Fsp3) is 0.600. The maximum Gasteiger partial charge on any atom is 0.127 e. The summed E-state index contributed by atoms with van der Waals surface area (Å²) in [4.78, 5) is 2.32. The monoisotopic (exact) mass is 282 g/mol. The molecule has 0 spiro atoms. The van der Waals surface area contributed by atoms with Crippen molar-refractivity contribution < 1.29 is 13.9 Å². The summed E-state index contributed by atoms with van der Waals surface area (Å²) in [7, 11) is 3.27. The lowest BCUT2D eigenvalue weighted by Gasteiger charge is -2.35. The molecule has 1 atom stereocenters. The van der Waals surface area contributed by atoms with Crippen LogP contribution in [0.3, 0.4) is 0 Å². The van der Waals surface area contributed by atoms with Crippen molar-refractivity contribution in [3.8, 4) is 11.5 Å². The summed E-state index contributed by atoms with van der Waals surface area (Å²) >= 11 is 0.